The molecule has 0 fully saturated rings. The Morgan fingerprint density at radius 3 is 2.00 bits per heavy atom. The summed E-state index contributed by atoms with van der Waals surface area (Å²) in [5.74, 6) is 0. The minimum atomic E-state index is -0.327. The van der Waals surface area contributed by atoms with E-state index in [1.54, 1.807) is 14.2 Å². The Bertz CT molecular complexity index is 467. The van der Waals surface area contributed by atoms with Crippen molar-refractivity contribution in [2.75, 3.05) is 14.2 Å². The van der Waals surface area contributed by atoms with Crippen molar-refractivity contribution < 1.29 is 9.31 Å². The second-order valence-corrected chi connectivity index (χ2v) is 3.76. The summed E-state index contributed by atoms with van der Waals surface area (Å²) >= 11 is 0. The third-order valence-corrected chi connectivity index (χ3v) is 2.73. The Morgan fingerprint density at radius 2 is 1.35 bits per heavy atom. The van der Waals surface area contributed by atoms with Crippen LogP contribution in [0.5, 0.6) is 0 Å². The average Bonchev–Trinajstić information content (AvgIpc) is 2.42. The molecule has 0 N–H and O–H groups in total. The number of hydrogen-bond acceptors (Lipinski definition) is 2. The molecular weight excluding hydrogens is 211 g/mol. The van der Waals surface area contributed by atoms with Gasteiger partial charge in [0.15, 0.2) is 0 Å². The monoisotopic (exact) mass is 226 g/mol. The molecule has 0 radical (unpaired) electrons. The van der Waals surface area contributed by atoms with Crippen LogP contribution < -0.4 is 5.46 Å². The fourth-order valence-electron chi connectivity index (χ4n) is 1.93. The normalized spacial score (nSPS) is 10.2. The van der Waals surface area contributed by atoms with Crippen LogP contribution in [0.2, 0.25) is 0 Å². The van der Waals surface area contributed by atoms with Crippen LogP contribution in [-0.4, -0.2) is 21.3 Å². The SMILES string of the molecule is COB(OC)c1ccccc1-c1ccccc1. The van der Waals surface area contributed by atoms with E-state index >= 15 is 0 Å². The Balaban J connectivity index is 2.48. The Morgan fingerprint density at radius 1 is 0.765 bits per heavy atom. The molecule has 0 saturated heterocycles. The van der Waals surface area contributed by atoms with Gasteiger partial charge in [-0.05, 0) is 16.6 Å². The van der Waals surface area contributed by atoms with Crippen LogP contribution in [0.3, 0.4) is 0 Å². The third kappa shape index (κ3) is 2.57. The van der Waals surface area contributed by atoms with Crippen molar-refractivity contribution in [3.63, 3.8) is 0 Å². The summed E-state index contributed by atoms with van der Waals surface area (Å²) in [5, 5.41) is 0. The molecule has 0 amide bonds. The van der Waals surface area contributed by atoms with Crippen molar-refractivity contribution in [3.05, 3.63) is 54.6 Å². The van der Waals surface area contributed by atoms with E-state index in [1.165, 1.54) is 5.56 Å². The first-order chi connectivity index (χ1) is 8.36. The van der Waals surface area contributed by atoms with Gasteiger partial charge in [0, 0.05) is 14.2 Å². The first-order valence-electron chi connectivity index (χ1n) is 5.56. The van der Waals surface area contributed by atoms with Crippen LogP contribution in [0.1, 0.15) is 0 Å². The van der Waals surface area contributed by atoms with Crippen LogP contribution in [0.15, 0.2) is 54.6 Å². The van der Waals surface area contributed by atoms with Crippen LogP contribution in [-0.2, 0) is 9.31 Å². The molecule has 0 unspecified atom stereocenters. The van der Waals surface area contributed by atoms with Crippen LogP contribution in [0.4, 0.5) is 0 Å². The number of benzene rings is 2. The Hall–Kier alpha value is -1.58. The zero-order valence-corrected chi connectivity index (χ0v) is 10.1. The van der Waals surface area contributed by atoms with Gasteiger partial charge in [-0.2, -0.15) is 0 Å². The van der Waals surface area contributed by atoms with Gasteiger partial charge in [0.05, 0.1) is 0 Å². The molecule has 3 heteroatoms. The van der Waals surface area contributed by atoms with E-state index < -0.39 is 0 Å². The maximum absolute atomic E-state index is 5.33. The van der Waals surface area contributed by atoms with Crippen LogP contribution >= 0.6 is 0 Å². The molecule has 2 aromatic carbocycles. The standard InChI is InChI=1S/C14H15BO2/c1-16-15(17-2)14-11-7-6-10-13(14)12-8-4-3-5-9-12/h3-11H,1-2H3. The first-order valence-corrected chi connectivity index (χ1v) is 5.56. The minimum absolute atomic E-state index is 0.327. The molecule has 0 heterocycles. The van der Waals surface area contributed by atoms with Gasteiger partial charge < -0.3 is 9.31 Å². The third-order valence-electron chi connectivity index (χ3n) is 2.73. The fourth-order valence-corrected chi connectivity index (χ4v) is 1.93. The summed E-state index contributed by atoms with van der Waals surface area (Å²) < 4.78 is 10.7. The molecule has 2 nitrogen and oxygen atoms in total. The minimum Gasteiger partial charge on any atom is -0.410 e. The second-order valence-electron chi connectivity index (χ2n) is 3.76. The summed E-state index contributed by atoms with van der Waals surface area (Å²) in [4.78, 5) is 0. The lowest BCUT2D eigenvalue weighted by Gasteiger charge is -2.13. The topological polar surface area (TPSA) is 18.5 Å². The number of hydrogen-bond donors (Lipinski definition) is 0. The van der Waals surface area contributed by atoms with E-state index in [1.807, 2.05) is 36.4 Å². The smallest absolute Gasteiger partial charge is 0.410 e. The van der Waals surface area contributed by atoms with Crippen molar-refractivity contribution >= 4 is 12.6 Å². The predicted octanol–water partition coefficient (Wildman–Crippen LogP) is 2.34. The average molecular weight is 226 g/mol. The predicted molar refractivity (Wildman–Crippen MR) is 71.3 cm³/mol. The van der Waals surface area contributed by atoms with Gasteiger partial charge in [0.2, 0.25) is 0 Å². The van der Waals surface area contributed by atoms with Crippen molar-refractivity contribution in [1.82, 2.24) is 0 Å². The van der Waals surface area contributed by atoms with E-state index in [0.29, 0.717) is 0 Å². The lowest BCUT2D eigenvalue weighted by atomic mass is 9.74. The molecule has 2 aromatic rings. The quantitative estimate of drug-likeness (QED) is 0.745. The molecule has 17 heavy (non-hydrogen) atoms. The largest absolute Gasteiger partial charge is 0.494 e. The first kappa shape index (κ1) is 11.9. The van der Waals surface area contributed by atoms with E-state index in [2.05, 4.69) is 18.2 Å². The molecule has 86 valence electrons. The lowest BCUT2D eigenvalue weighted by Crippen LogP contribution is -2.36. The van der Waals surface area contributed by atoms with Gasteiger partial charge in [0.25, 0.3) is 0 Å². The highest BCUT2D eigenvalue weighted by Gasteiger charge is 2.21. The fraction of sp³-hybridized carbons (Fsp3) is 0.143. The summed E-state index contributed by atoms with van der Waals surface area (Å²) in [6.45, 7) is 0. The molecule has 0 aromatic heterocycles. The van der Waals surface area contributed by atoms with E-state index in [9.17, 15) is 0 Å². The van der Waals surface area contributed by atoms with Crippen molar-refractivity contribution in [2.24, 2.45) is 0 Å². The van der Waals surface area contributed by atoms with Gasteiger partial charge in [-0.25, -0.2) is 0 Å². The molecule has 0 bridgehead atoms. The zero-order chi connectivity index (χ0) is 12.1. The van der Waals surface area contributed by atoms with Gasteiger partial charge in [-0.15, -0.1) is 0 Å². The Labute approximate surface area is 102 Å². The second kappa shape index (κ2) is 5.66. The molecule has 2 rings (SSSR count). The van der Waals surface area contributed by atoms with Crippen molar-refractivity contribution in [1.29, 1.82) is 0 Å². The zero-order valence-electron chi connectivity index (χ0n) is 10.1. The van der Waals surface area contributed by atoms with E-state index in [0.717, 1.165) is 11.0 Å². The maximum atomic E-state index is 5.33. The highest BCUT2D eigenvalue weighted by molar-refractivity contribution is 6.63. The maximum Gasteiger partial charge on any atom is 0.494 e. The molecule has 0 atom stereocenters. The van der Waals surface area contributed by atoms with Gasteiger partial charge in [0.1, 0.15) is 0 Å². The molecule has 0 aliphatic carbocycles. The van der Waals surface area contributed by atoms with Crippen LogP contribution in [0.25, 0.3) is 11.1 Å². The number of rotatable bonds is 4. The van der Waals surface area contributed by atoms with Gasteiger partial charge in [-0.1, -0.05) is 54.6 Å². The van der Waals surface area contributed by atoms with E-state index in [4.69, 9.17) is 9.31 Å². The van der Waals surface area contributed by atoms with Gasteiger partial charge >= 0.3 is 7.12 Å². The van der Waals surface area contributed by atoms with Crippen LogP contribution in [0, 0.1) is 0 Å². The summed E-state index contributed by atoms with van der Waals surface area (Å²) in [5.41, 5.74) is 3.35. The molecular formula is C14H15BO2. The highest BCUT2D eigenvalue weighted by atomic mass is 16.6. The summed E-state index contributed by atoms with van der Waals surface area (Å²) in [6, 6.07) is 18.4. The van der Waals surface area contributed by atoms with E-state index in [-0.39, 0.29) is 7.12 Å². The molecule has 0 saturated carbocycles. The molecule has 0 spiro atoms. The molecule has 0 aliphatic heterocycles. The lowest BCUT2D eigenvalue weighted by molar-refractivity contribution is 0.292. The van der Waals surface area contributed by atoms with Gasteiger partial charge in [-0.3, -0.25) is 0 Å². The van der Waals surface area contributed by atoms with Crippen molar-refractivity contribution in [3.8, 4) is 11.1 Å². The Kier molecular flexibility index (Phi) is 3.96. The highest BCUT2D eigenvalue weighted by Crippen LogP contribution is 2.17. The van der Waals surface area contributed by atoms with Crippen molar-refractivity contribution in [2.45, 2.75) is 0 Å². The molecule has 0 aliphatic rings. The summed E-state index contributed by atoms with van der Waals surface area (Å²) in [6.07, 6.45) is 0. The summed E-state index contributed by atoms with van der Waals surface area (Å²) in [7, 11) is 2.97.